The summed E-state index contributed by atoms with van der Waals surface area (Å²) in [7, 11) is 2.07. The molecule has 25 heavy (non-hydrogen) atoms. The van der Waals surface area contributed by atoms with Crippen LogP contribution < -0.4 is 9.05 Å². The van der Waals surface area contributed by atoms with Crippen LogP contribution in [0, 0.1) is 5.41 Å². The Bertz CT molecular complexity index is 813. The van der Waals surface area contributed by atoms with Crippen LogP contribution in [0.5, 0.6) is 0 Å². The molecule has 0 spiro atoms. The number of likely N-dealkylation sites (N-methyl/N-ethyl adjacent to an activating group) is 1. The fourth-order valence-electron chi connectivity index (χ4n) is 3.28. The Balaban J connectivity index is 2.02. The first-order valence-corrected chi connectivity index (χ1v) is 8.74. The second-order valence-corrected chi connectivity index (χ2v) is 8.04. The number of hydrogen-bond acceptors (Lipinski definition) is 1. The number of rotatable bonds is 2. The van der Waals surface area contributed by atoms with Crippen LogP contribution in [0.25, 0.3) is 5.69 Å². The summed E-state index contributed by atoms with van der Waals surface area (Å²) in [5.74, 6) is 0. The lowest BCUT2D eigenvalue weighted by Crippen LogP contribution is -2.52. The molecule has 3 heteroatoms. The maximum atomic E-state index is 10.9. The molecular weight excluding hydrogens is 308 g/mol. The van der Waals surface area contributed by atoms with Crippen LogP contribution >= 0.6 is 0 Å². The summed E-state index contributed by atoms with van der Waals surface area (Å²) in [6.07, 6.45) is 7.81. The fourth-order valence-corrected chi connectivity index (χ4v) is 3.28. The van der Waals surface area contributed by atoms with Crippen LogP contribution in [0.15, 0.2) is 78.3 Å². The maximum absolute atomic E-state index is 10.9. The summed E-state index contributed by atoms with van der Waals surface area (Å²) in [6, 6.07) is 14.5. The van der Waals surface area contributed by atoms with Crippen LogP contribution in [0.2, 0.25) is 0 Å². The maximum Gasteiger partial charge on any atom is 0.222 e. The molecule has 0 bridgehead atoms. The van der Waals surface area contributed by atoms with Gasteiger partial charge in [-0.2, -0.15) is 4.57 Å². The highest BCUT2D eigenvalue weighted by Crippen LogP contribution is 2.38. The van der Waals surface area contributed by atoms with E-state index in [1.54, 1.807) is 0 Å². The first-order chi connectivity index (χ1) is 11.7. The minimum atomic E-state index is -0.568. The van der Waals surface area contributed by atoms with E-state index in [-0.39, 0.29) is 5.41 Å². The molecule has 1 aliphatic heterocycles. The van der Waals surface area contributed by atoms with Gasteiger partial charge in [-0.1, -0.05) is 26.8 Å². The third-order valence-corrected chi connectivity index (χ3v) is 4.99. The van der Waals surface area contributed by atoms with Crippen LogP contribution in [0.4, 0.5) is 5.69 Å². The molecule has 2 atom stereocenters. The van der Waals surface area contributed by atoms with Gasteiger partial charge in [0.15, 0.2) is 12.4 Å². The second-order valence-electron chi connectivity index (χ2n) is 8.04. The third kappa shape index (κ3) is 3.30. The Labute approximate surface area is 150 Å². The van der Waals surface area contributed by atoms with Crippen molar-refractivity contribution in [1.29, 1.82) is 0 Å². The number of quaternary nitrogens is 1. The molecule has 0 fully saturated rings. The summed E-state index contributed by atoms with van der Waals surface area (Å²) >= 11 is 0. The van der Waals surface area contributed by atoms with Crippen molar-refractivity contribution >= 4 is 5.69 Å². The molecule has 2 heterocycles. The molecule has 1 aromatic heterocycles. The highest BCUT2D eigenvalue weighted by Gasteiger charge is 2.39. The van der Waals surface area contributed by atoms with Gasteiger partial charge < -0.3 is 5.11 Å². The average Bonchev–Trinajstić information content (AvgIpc) is 2.59. The van der Waals surface area contributed by atoms with E-state index in [1.165, 1.54) is 5.57 Å². The summed E-state index contributed by atoms with van der Waals surface area (Å²) in [6.45, 7) is 8.63. The lowest BCUT2D eigenvalue weighted by molar-refractivity contribution is -0.595. The lowest BCUT2D eigenvalue weighted by Gasteiger charge is -2.40. The van der Waals surface area contributed by atoms with Crippen molar-refractivity contribution in [2.75, 3.05) is 7.05 Å². The summed E-state index contributed by atoms with van der Waals surface area (Å²) in [5.41, 5.74) is 4.47. The molecule has 0 saturated carbocycles. The zero-order valence-corrected chi connectivity index (χ0v) is 15.8. The standard InChI is InChI=1S/C22H28N2O/c1-17-15-18(22(2,3)4)16-24(5,21(17)25)20-11-9-19(10-12-20)23-13-7-6-8-14-23/h6-16,21,25H,1-5H3/q+2. The van der Waals surface area contributed by atoms with E-state index in [0.717, 1.165) is 16.9 Å². The zero-order valence-electron chi connectivity index (χ0n) is 15.8. The highest BCUT2D eigenvalue weighted by atomic mass is 16.3. The van der Waals surface area contributed by atoms with Crippen molar-refractivity contribution in [2.45, 2.75) is 33.9 Å². The van der Waals surface area contributed by atoms with Gasteiger partial charge in [0.05, 0.1) is 7.05 Å². The number of benzene rings is 1. The van der Waals surface area contributed by atoms with Crippen LogP contribution in [0.3, 0.4) is 0 Å². The Kier molecular flexibility index (Phi) is 4.40. The number of aromatic nitrogens is 1. The fraction of sp³-hybridized carbons (Fsp3) is 0.318. The van der Waals surface area contributed by atoms with Crippen LogP contribution in [-0.4, -0.2) is 18.4 Å². The van der Waals surface area contributed by atoms with E-state index in [0.29, 0.717) is 4.48 Å². The van der Waals surface area contributed by atoms with Crippen molar-refractivity contribution < 1.29 is 9.67 Å². The second kappa shape index (κ2) is 6.25. The number of allylic oxidation sites excluding steroid dienone is 2. The zero-order chi connectivity index (χ0) is 18.2. The first-order valence-electron chi connectivity index (χ1n) is 8.74. The van der Waals surface area contributed by atoms with Gasteiger partial charge in [-0.15, -0.1) is 0 Å². The monoisotopic (exact) mass is 336 g/mol. The van der Waals surface area contributed by atoms with E-state index in [9.17, 15) is 5.11 Å². The van der Waals surface area contributed by atoms with E-state index in [2.05, 4.69) is 68.9 Å². The molecule has 130 valence electrons. The van der Waals surface area contributed by atoms with Gasteiger partial charge in [-0.3, -0.25) is 0 Å². The van der Waals surface area contributed by atoms with Crippen LogP contribution in [0.1, 0.15) is 27.7 Å². The Hall–Kier alpha value is -2.23. The molecule has 0 saturated heterocycles. The molecule has 0 aliphatic carbocycles. The van der Waals surface area contributed by atoms with Gasteiger partial charge in [0.1, 0.15) is 11.9 Å². The van der Waals surface area contributed by atoms with E-state index in [4.69, 9.17) is 0 Å². The van der Waals surface area contributed by atoms with Crippen molar-refractivity contribution in [3.63, 3.8) is 0 Å². The quantitative estimate of drug-likeness (QED) is 0.648. The third-order valence-electron chi connectivity index (χ3n) is 4.99. The first kappa shape index (κ1) is 17.6. The minimum Gasteiger partial charge on any atom is -0.341 e. The number of aliphatic hydroxyl groups excluding tert-OH is 1. The van der Waals surface area contributed by atoms with Gasteiger partial charge in [0.2, 0.25) is 11.9 Å². The molecule has 0 radical (unpaired) electrons. The van der Waals surface area contributed by atoms with Crippen molar-refractivity contribution in [3.05, 3.63) is 78.3 Å². The van der Waals surface area contributed by atoms with Gasteiger partial charge in [0.25, 0.3) is 0 Å². The molecule has 1 aliphatic rings. The van der Waals surface area contributed by atoms with Crippen molar-refractivity contribution in [3.8, 4) is 5.69 Å². The van der Waals surface area contributed by atoms with E-state index in [1.807, 2.05) is 37.5 Å². The van der Waals surface area contributed by atoms with E-state index < -0.39 is 6.23 Å². The van der Waals surface area contributed by atoms with E-state index >= 15 is 0 Å². The smallest absolute Gasteiger partial charge is 0.222 e. The molecule has 3 rings (SSSR count). The lowest BCUT2D eigenvalue weighted by atomic mass is 9.83. The highest BCUT2D eigenvalue weighted by molar-refractivity contribution is 5.52. The average molecular weight is 336 g/mol. The number of aliphatic hydroxyl groups is 1. The predicted molar refractivity (Wildman–Crippen MR) is 103 cm³/mol. The SMILES string of the molecule is CC1=CC(C(C)(C)C)=C[N+](C)(c2ccc(-[n+]3ccccc3)cc2)C1O. The Morgan fingerprint density at radius 2 is 1.60 bits per heavy atom. The van der Waals surface area contributed by atoms with Gasteiger partial charge in [-0.25, -0.2) is 4.48 Å². The summed E-state index contributed by atoms with van der Waals surface area (Å²) in [5, 5.41) is 10.9. The summed E-state index contributed by atoms with van der Waals surface area (Å²) in [4.78, 5) is 0. The minimum absolute atomic E-state index is 0.0424. The number of pyridine rings is 1. The number of hydrogen-bond donors (Lipinski definition) is 1. The summed E-state index contributed by atoms with van der Waals surface area (Å²) < 4.78 is 2.45. The number of nitrogens with zero attached hydrogens (tertiary/aromatic N) is 2. The topological polar surface area (TPSA) is 24.1 Å². The molecule has 0 amide bonds. The van der Waals surface area contributed by atoms with Crippen molar-refractivity contribution in [1.82, 2.24) is 4.48 Å². The molecular formula is C22H28N2O+2. The molecule has 2 unspecified atom stereocenters. The Morgan fingerprint density at radius 1 is 1.00 bits per heavy atom. The normalized spacial score (nSPS) is 23.8. The molecule has 3 nitrogen and oxygen atoms in total. The van der Waals surface area contributed by atoms with Crippen LogP contribution in [-0.2, 0) is 0 Å². The van der Waals surface area contributed by atoms with Crippen molar-refractivity contribution in [2.24, 2.45) is 5.41 Å². The van der Waals surface area contributed by atoms with Gasteiger partial charge in [0, 0.05) is 47.5 Å². The Morgan fingerprint density at radius 3 is 2.16 bits per heavy atom. The molecule has 2 aromatic rings. The molecule has 1 N–H and O–H groups in total. The molecule has 1 aromatic carbocycles. The predicted octanol–water partition coefficient (Wildman–Crippen LogP) is 4.11. The largest absolute Gasteiger partial charge is 0.341 e. The van der Waals surface area contributed by atoms with Gasteiger partial charge in [-0.05, 0) is 18.4 Å². The van der Waals surface area contributed by atoms with Gasteiger partial charge >= 0.3 is 0 Å².